The fourth-order valence-electron chi connectivity index (χ4n) is 3.93. The predicted octanol–water partition coefficient (Wildman–Crippen LogP) is 1.93. The zero-order valence-electron chi connectivity index (χ0n) is 13.8. The molecule has 2 aliphatic heterocycles. The van der Waals surface area contributed by atoms with Crippen LogP contribution in [0.3, 0.4) is 0 Å². The molecule has 3 heterocycles. The molecule has 1 aromatic heterocycles. The van der Waals surface area contributed by atoms with Crippen molar-refractivity contribution in [1.82, 2.24) is 9.88 Å². The van der Waals surface area contributed by atoms with Crippen molar-refractivity contribution in [2.45, 2.75) is 18.9 Å². The molecule has 0 aliphatic carbocycles. The smallest absolute Gasteiger partial charge is 0.150 e. The third-order valence-electron chi connectivity index (χ3n) is 5.32. The largest absolute Gasteiger partial charge is 0.368 e. The van der Waals surface area contributed by atoms with Gasteiger partial charge in [-0.15, -0.1) is 0 Å². The van der Waals surface area contributed by atoms with E-state index in [9.17, 15) is 8.42 Å². The lowest BCUT2D eigenvalue weighted by atomic mass is 10.1. The molecule has 0 spiro atoms. The lowest BCUT2D eigenvalue weighted by Gasteiger charge is -2.41. The Kier molecular flexibility index (Phi) is 4.18. The van der Waals surface area contributed by atoms with Gasteiger partial charge in [0, 0.05) is 49.5 Å². The van der Waals surface area contributed by atoms with Crippen molar-refractivity contribution in [1.29, 1.82) is 0 Å². The maximum absolute atomic E-state index is 11.6. The Morgan fingerprint density at radius 3 is 2.42 bits per heavy atom. The molecule has 4 rings (SSSR count). The van der Waals surface area contributed by atoms with Crippen LogP contribution in [0.5, 0.6) is 0 Å². The zero-order valence-corrected chi connectivity index (χ0v) is 14.6. The van der Waals surface area contributed by atoms with Gasteiger partial charge < -0.3 is 4.90 Å². The molecule has 0 atom stereocenters. The molecule has 0 radical (unpaired) electrons. The summed E-state index contributed by atoms with van der Waals surface area (Å²) in [6.07, 6.45) is 3.47. The number of pyridine rings is 1. The first-order chi connectivity index (χ1) is 11.6. The molecule has 24 heavy (non-hydrogen) atoms. The van der Waals surface area contributed by atoms with Gasteiger partial charge in [-0.2, -0.15) is 0 Å². The molecule has 2 fully saturated rings. The van der Waals surface area contributed by atoms with Crippen LogP contribution < -0.4 is 4.90 Å². The molecule has 0 bridgehead atoms. The zero-order chi connectivity index (χ0) is 16.6. The van der Waals surface area contributed by atoms with E-state index >= 15 is 0 Å². The molecule has 5 nitrogen and oxygen atoms in total. The van der Waals surface area contributed by atoms with Gasteiger partial charge in [-0.1, -0.05) is 18.2 Å². The second-order valence-electron chi connectivity index (χ2n) is 6.75. The number of piperazine rings is 1. The van der Waals surface area contributed by atoms with Gasteiger partial charge in [0.25, 0.3) is 0 Å². The van der Waals surface area contributed by atoms with Crippen molar-refractivity contribution in [3.63, 3.8) is 0 Å². The van der Waals surface area contributed by atoms with Crippen LogP contribution in [0.15, 0.2) is 36.5 Å². The van der Waals surface area contributed by atoms with Crippen LogP contribution in [-0.2, 0) is 9.84 Å². The first kappa shape index (κ1) is 15.8. The average Bonchev–Trinajstić information content (AvgIpc) is 2.61. The van der Waals surface area contributed by atoms with E-state index in [1.54, 1.807) is 0 Å². The number of anilines is 1. The highest BCUT2D eigenvalue weighted by molar-refractivity contribution is 7.91. The summed E-state index contributed by atoms with van der Waals surface area (Å²) in [6, 6.07) is 10.8. The number of hydrogen-bond acceptors (Lipinski definition) is 5. The van der Waals surface area contributed by atoms with Crippen molar-refractivity contribution < 1.29 is 8.42 Å². The fraction of sp³-hybridized carbons (Fsp3) is 0.500. The second-order valence-corrected chi connectivity index (χ2v) is 9.06. The van der Waals surface area contributed by atoms with Gasteiger partial charge in [0.05, 0.1) is 17.0 Å². The van der Waals surface area contributed by atoms with Crippen LogP contribution in [0.25, 0.3) is 10.9 Å². The van der Waals surface area contributed by atoms with E-state index in [1.165, 1.54) is 11.1 Å². The van der Waals surface area contributed by atoms with Crippen molar-refractivity contribution >= 4 is 26.4 Å². The van der Waals surface area contributed by atoms with Gasteiger partial charge in [-0.05, 0) is 25.0 Å². The topological polar surface area (TPSA) is 53.5 Å². The average molecular weight is 345 g/mol. The summed E-state index contributed by atoms with van der Waals surface area (Å²) in [6.45, 7) is 3.97. The highest BCUT2D eigenvalue weighted by Gasteiger charge is 2.30. The maximum atomic E-state index is 11.6. The molecule has 1 aromatic carbocycles. The summed E-state index contributed by atoms with van der Waals surface area (Å²) in [7, 11) is -2.78. The molecular weight excluding hydrogens is 322 g/mol. The third kappa shape index (κ3) is 3.13. The Morgan fingerprint density at radius 1 is 0.958 bits per heavy atom. The van der Waals surface area contributed by atoms with E-state index < -0.39 is 9.84 Å². The summed E-state index contributed by atoms with van der Waals surface area (Å²) in [4.78, 5) is 9.36. The fourth-order valence-corrected chi connectivity index (χ4v) is 5.39. The van der Waals surface area contributed by atoms with Gasteiger partial charge in [0.1, 0.15) is 9.84 Å². The molecule has 2 aliphatic rings. The first-order valence-corrected chi connectivity index (χ1v) is 10.5. The number of nitrogens with zero attached hydrogens (tertiary/aromatic N) is 3. The molecule has 0 saturated carbocycles. The van der Waals surface area contributed by atoms with Gasteiger partial charge in [0.2, 0.25) is 0 Å². The molecule has 2 saturated heterocycles. The molecule has 128 valence electrons. The number of hydrogen-bond donors (Lipinski definition) is 0. The van der Waals surface area contributed by atoms with Crippen LogP contribution >= 0.6 is 0 Å². The summed E-state index contributed by atoms with van der Waals surface area (Å²) in [5.41, 5.74) is 2.29. The van der Waals surface area contributed by atoms with Crippen molar-refractivity contribution in [2.75, 3.05) is 42.6 Å². The SMILES string of the molecule is O=S1(=O)CCC(N2CCN(c3ccnc4ccccc34)CC2)CC1. The molecule has 0 amide bonds. The number of aromatic nitrogens is 1. The Hall–Kier alpha value is -1.66. The van der Waals surface area contributed by atoms with Gasteiger partial charge in [-0.25, -0.2) is 8.42 Å². The normalized spacial score (nSPS) is 22.8. The molecule has 0 unspecified atom stereocenters. The van der Waals surface area contributed by atoms with Gasteiger partial charge in [-0.3, -0.25) is 9.88 Å². The van der Waals surface area contributed by atoms with E-state index in [0.29, 0.717) is 17.5 Å². The second kappa shape index (κ2) is 6.33. The quantitative estimate of drug-likeness (QED) is 0.832. The van der Waals surface area contributed by atoms with Gasteiger partial charge in [0.15, 0.2) is 0 Å². The van der Waals surface area contributed by atoms with Gasteiger partial charge >= 0.3 is 0 Å². The Bertz CT molecular complexity index is 810. The summed E-state index contributed by atoms with van der Waals surface area (Å²) < 4.78 is 23.2. The minimum absolute atomic E-state index is 0.354. The molecule has 2 aromatic rings. The predicted molar refractivity (Wildman–Crippen MR) is 97.2 cm³/mol. The number of sulfone groups is 1. The van der Waals surface area contributed by atoms with Crippen molar-refractivity contribution in [3.05, 3.63) is 36.5 Å². The van der Waals surface area contributed by atoms with E-state index in [-0.39, 0.29) is 0 Å². The van der Waals surface area contributed by atoms with E-state index in [0.717, 1.165) is 44.5 Å². The molecular formula is C18H23N3O2S. The lowest BCUT2D eigenvalue weighted by Crippen LogP contribution is -2.52. The molecule has 0 N–H and O–H groups in total. The summed E-state index contributed by atoms with van der Waals surface area (Å²) in [5, 5.41) is 1.21. The van der Waals surface area contributed by atoms with E-state index in [2.05, 4.69) is 39.0 Å². The first-order valence-electron chi connectivity index (χ1n) is 8.66. The van der Waals surface area contributed by atoms with Crippen LogP contribution in [0.4, 0.5) is 5.69 Å². The van der Waals surface area contributed by atoms with Crippen LogP contribution in [0, 0.1) is 0 Å². The van der Waals surface area contributed by atoms with Crippen molar-refractivity contribution in [3.8, 4) is 0 Å². The monoisotopic (exact) mass is 345 g/mol. The van der Waals surface area contributed by atoms with Crippen LogP contribution in [0.1, 0.15) is 12.8 Å². The lowest BCUT2D eigenvalue weighted by molar-refractivity contribution is 0.173. The van der Waals surface area contributed by atoms with E-state index in [1.807, 2.05) is 12.3 Å². The summed E-state index contributed by atoms with van der Waals surface area (Å²) in [5.74, 6) is 0.708. The number of fused-ring (bicyclic) bond motifs is 1. The highest BCUT2D eigenvalue weighted by atomic mass is 32.2. The standard InChI is InChI=1S/C18H23N3O2S/c22-24(23)13-6-15(7-14-24)20-9-11-21(12-10-20)18-5-8-19-17-4-2-1-3-16(17)18/h1-5,8,15H,6-7,9-14H2. The Morgan fingerprint density at radius 2 is 1.67 bits per heavy atom. The maximum Gasteiger partial charge on any atom is 0.150 e. The van der Waals surface area contributed by atoms with Crippen molar-refractivity contribution in [2.24, 2.45) is 0 Å². The van der Waals surface area contributed by atoms with E-state index in [4.69, 9.17) is 0 Å². The third-order valence-corrected chi connectivity index (χ3v) is 7.04. The Balaban J connectivity index is 1.44. The number of rotatable bonds is 2. The highest BCUT2D eigenvalue weighted by Crippen LogP contribution is 2.27. The summed E-state index contributed by atoms with van der Waals surface area (Å²) >= 11 is 0. The minimum Gasteiger partial charge on any atom is -0.368 e. The Labute approximate surface area is 143 Å². The molecule has 6 heteroatoms. The number of para-hydroxylation sites is 1. The number of benzene rings is 1. The van der Waals surface area contributed by atoms with Crippen LogP contribution in [-0.4, -0.2) is 62.0 Å². The minimum atomic E-state index is -2.78. The van der Waals surface area contributed by atoms with Crippen LogP contribution in [0.2, 0.25) is 0 Å².